The lowest BCUT2D eigenvalue weighted by molar-refractivity contribution is -0.206. The minimum atomic E-state index is -0.726. The fourth-order valence-corrected chi connectivity index (χ4v) is 4.86. The summed E-state index contributed by atoms with van der Waals surface area (Å²) in [5.41, 5.74) is 0.602. The standard InChI is InChI=1S/C22H36O4/c1-14(2)7-6-8-15(3)13-17(23)9-10-18-19(24)11-12-22(26-5)20(18)16(4)21(22)25/h7,9-10,15-20,23-24H,6,8,11-13H2,1-5H3/t15?,16?,17-,18+,19-,20-,22-/m1/s1. The number of methoxy groups -OCH3 is 1. The summed E-state index contributed by atoms with van der Waals surface area (Å²) >= 11 is 0. The van der Waals surface area contributed by atoms with E-state index in [-0.39, 0.29) is 23.5 Å². The van der Waals surface area contributed by atoms with Gasteiger partial charge in [-0.1, -0.05) is 37.6 Å². The fraction of sp³-hybridized carbons (Fsp3) is 0.773. The van der Waals surface area contributed by atoms with E-state index in [9.17, 15) is 15.0 Å². The van der Waals surface area contributed by atoms with Crippen LogP contribution in [0.5, 0.6) is 0 Å². The van der Waals surface area contributed by atoms with Crippen molar-refractivity contribution in [2.75, 3.05) is 7.11 Å². The molecule has 0 aliphatic heterocycles. The number of allylic oxidation sites excluding steroid dienone is 2. The highest BCUT2D eigenvalue weighted by Crippen LogP contribution is 2.54. The van der Waals surface area contributed by atoms with Crippen molar-refractivity contribution in [3.05, 3.63) is 23.8 Å². The predicted molar refractivity (Wildman–Crippen MR) is 104 cm³/mol. The molecular weight excluding hydrogens is 328 g/mol. The molecule has 0 aromatic heterocycles. The second-order valence-electron chi connectivity index (χ2n) is 8.61. The average molecular weight is 365 g/mol. The Morgan fingerprint density at radius 1 is 1.42 bits per heavy atom. The van der Waals surface area contributed by atoms with Crippen LogP contribution in [0.2, 0.25) is 0 Å². The molecule has 0 bridgehead atoms. The van der Waals surface area contributed by atoms with Crippen molar-refractivity contribution in [1.29, 1.82) is 0 Å². The van der Waals surface area contributed by atoms with Crippen LogP contribution in [0.1, 0.15) is 59.8 Å². The predicted octanol–water partition coefficient (Wildman–Crippen LogP) is 3.67. The molecule has 148 valence electrons. The highest BCUT2D eigenvalue weighted by molar-refractivity contribution is 5.96. The highest BCUT2D eigenvalue weighted by atomic mass is 16.5. The molecule has 0 spiro atoms. The Labute approximate surface area is 158 Å². The van der Waals surface area contributed by atoms with E-state index < -0.39 is 17.8 Å². The number of aliphatic hydroxyl groups excluding tert-OH is 2. The van der Waals surface area contributed by atoms with Crippen LogP contribution < -0.4 is 0 Å². The van der Waals surface area contributed by atoms with Gasteiger partial charge in [-0.25, -0.2) is 0 Å². The lowest BCUT2D eigenvalue weighted by atomic mass is 9.50. The average Bonchev–Trinajstić information content (AvgIpc) is 2.59. The van der Waals surface area contributed by atoms with E-state index in [2.05, 4.69) is 26.8 Å². The highest BCUT2D eigenvalue weighted by Gasteiger charge is 2.65. The summed E-state index contributed by atoms with van der Waals surface area (Å²) in [6, 6.07) is 0. The van der Waals surface area contributed by atoms with Gasteiger partial charge in [0.05, 0.1) is 12.2 Å². The van der Waals surface area contributed by atoms with Crippen LogP contribution in [0.25, 0.3) is 0 Å². The number of carbonyl (C=O) groups is 1. The van der Waals surface area contributed by atoms with Gasteiger partial charge in [0.25, 0.3) is 0 Å². The molecule has 4 nitrogen and oxygen atoms in total. The van der Waals surface area contributed by atoms with Crippen molar-refractivity contribution >= 4 is 5.78 Å². The van der Waals surface area contributed by atoms with Crippen molar-refractivity contribution in [3.63, 3.8) is 0 Å². The van der Waals surface area contributed by atoms with Crippen LogP contribution in [-0.4, -0.2) is 40.9 Å². The molecule has 2 aliphatic rings. The molecule has 7 atom stereocenters. The van der Waals surface area contributed by atoms with E-state index in [1.807, 2.05) is 19.1 Å². The van der Waals surface area contributed by atoms with E-state index in [0.717, 1.165) is 12.8 Å². The lowest BCUT2D eigenvalue weighted by Gasteiger charge is -2.57. The largest absolute Gasteiger partial charge is 0.393 e. The third kappa shape index (κ3) is 4.29. The molecule has 2 saturated carbocycles. The summed E-state index contributed by atoms with van der Waals surface area (Å²) in [4.78, 5) is 12.3. The van der Waals surface area contributed by atoms with Gasteiger partial charge >= 0.3 is 0 Å². The monoisotopic (exact) mass is 364 g/mol. The van der Waals surface area contributed by atoms with E-state index in [1.54, 1.807) is 7.11 Å². The molecule has 2 N–H and O–H groups in total. The number of carbonyl (C=O) groups excluding carboxylic acids is 1. The number of rotatable bonds is 8. The molecule has 2 fully saturated rings. The summed E-state index contributed by atoms with van der Waals surface area (Å²) < 4.78 is 5.61. The Balaban J connectivity index is 1.95. The fourth-order valence-electron chi connectivity index (χ4n) is 4.86. The van der Waals surface area contributed by atoms with Crippen LogP contribution in [-0.2, 0) is 9.53 Å². The van der Waals surface area contributed by atoms with E-state index in [0.29, 0.717) is 25.2 Å². The number of hydrogen-bond donors (Lipinski definition) is 2. The molecular formula is C22H36O4. The first kappa shape index (κ1) is 21.3. The van der Waals surface area contributed by atoms with Gasteiger partial charge in [0.2, 0.25) is 0 Å². The summed E-state index contributed by atoms with van der Waals surface area (Å²) in [5, 5.41) is 20.8. The Morgan fingerprint density at radius 2 is 2.12 bits per heavy atom. The number of fused-ring (bicyclic) bond motifs is 1. The summed E-state index contributed by atoms with van der Waals surface area (Å²) in [6.45, 7) is 8.28. The van der Waals surface area contributed by atoms with Gasteiger partial charge < -0.3 is 14.9 Å². The van der Waals surface area contributed by atoms with Gasteiger partial charge in [-0.05, 0) is 51.9 Å². The number of hydrogen-bond acceptors (Lipinski definition) is 4. The van der Waals surface area contributed by atoms with Gasteiger partial charge in [-0.2, -0.15) is 0 Å². The van der Waals surface area contributed by atoms with E-state index in [1.165, 1.54) is 5.57 Å². The van der Waals surface area contributed by atoms with Crippen LogP contribution in [0, 0.1) is 23.7 Å². The molecule has 2 rings (SSSR count). The quantitative estimate of drug-likeness (QED) is 0.645. The van der Waals surface area contributed by atoms with E-state index >= 15 is 0 Å². The first-order chi connectivity index (χ1) is 12.2. The Hall–Kier alpha value is -0.970. The lowest BCUT2D eigenvalue weighted by Crippen LogP contribution is -2.69. The van der Waals surface area contributed by atoms with Crippen molar-refractivity contribution in [2.24, 2.45) is 23.7 Å². The molecule has 0 radical (unpaired) electrons. The molecule has 0 amide bonds. The number of Topliss-reactive ketones (excluding diaryl/α,β-unsaturated/α-hetero) is 1. The van der Waals surface area contributed by atoms with Crippen LogP contribution in [0.15, 0.2) is 23.8 Å². The number of aliphatic hydroxyl groups is 2. The van der Waals surface area contributed by atoms with Gasteiger partial charge in [-0.15, -0.1) is 0 Å². The minimum absolute atomic E-state index is 0.00212. The van der Waals surface area contributed by atoms with Crippen molar-refractivity contribution in [3.8, 4) is 0 Å². The van der Waals surface area contributed by atoms with Gasteiger partial charge in [0.15, 0.2) is 5.78 Å². The minimum Gasteiger partial charge on any atom is -0.393 e. The topological polar surface area (TPSA) is 66.8 Å². The zero-order valence-electron chi connectivity index (χ0n) is 16.9. The van der Waals surface area contributed by atoms with Crippen LogP contribution in [0.4, 0.5) is 0 Å². The second kappa shape index (κ2) is 8.81. The zero-order valence-corrected chi connectivity index (χ0v) is 16.9. The molecule has 0 aromatic rings. The zero-order chi connectivity index (χ0) is 19.5. The smallest absolute Gasteiger partial charge is 0.168 e. The third-order valence-corrected chi connectivity index (χ3v) is 6.35. The van der Waals surface area contributed by atoms with Crippen molar-refractivity contribution in [2.45, 2.75) is 77.6 Å². The van der Waals surface area contributed by atoms with Crippen molar-refractivity contribution < 1.29 is 19.7 Å². The maximum atomic E-state index is 12.3. The first-order valence-corrected chi connectivity index (χ1v) is 10.00. The summed E-state index contributed by atoms with van der Waals surface area (Å²) in [5.74, 6) is 0.363. The SMILES string of the molecule is CO[C@]12CC[C@@H](O)[C@H](C=C[C@@H](O)CC(C)CCC=C(C)C)[C@H]1C(C)C2=O. The first-order valence-electron chi connectivity index (χ1n) is 10.00. The molecule has 0 aromatic carbocycles. The van der Waals surface area contributed by atoms with E-state index in [4.69, 9.17) is 4.74 Å². The summed E-state index contributed by atoms with van der Waals surface area (Å²) in [6.07, 6.45) is 8.94. The molecule has 26 heavy (non-hydrogen) atoms. The second-order valence-corrected chi connectivity index (χ2v) is 8.61. The molecule has 2 aliphatic carbocycles. The summed E-state index contributed by atoms with van der Waals surface area (Å²) in [7, 11) is 1.60. The van der Waals surface area contributed by atoms with Gasteiger partial charge in [-0.3, -0.25) is 4.79 Å². The Morgan fingerprint density at radius 3 is 2.73 bits per heavy atom. The van der Waals surface area contributed by atoms with Crippen molar-refractivity contribution in [1.82, 2.24) is 0 Å². The molecule has 2 unspecified atom stereocenters. The van der Waals surface area contributed by atoms with Crippen LogP contribution in [0.3, 0.4) is 0 Å². The van der Waals surface area contributed by atoms with Gasteiger partial charge in [0, 0.05) is 24.9 Å². The maximum Gasteiger partial charge on any atom is 0.168 e. The Kier molecular flexibility index (Phi) is 7.23. The maximum absolute atomic E-state index is 12.3. The third-order valence-electron chi connectivity index (χ3n) is 6.35. The van der Waals surface area contributed by atoms with Gasteiger partial charge in [0.1, 0.15) is 5.60 Å². The number of ketones is 1. The Bertz CT molecular complexity index is 548. The molecule has 0 saturated heterocycles. The normalized spacial score (nSPS) is 36.3. The molecule has 0 heterocycles. The number of ether oxygens (including phenoxy) is 1. The molecule has 4 heteroatoms. The van der Waals surface area contributed by atoms with Crippen LogP contribution >= 0.6 is 0 Å².